The van der Waals surface area contributed by atoms with Crippen LogP contribution in [0.15, 0.2) is 23.8 Å². The number of hydrogen-bond acceptors (Lipinski definition) is 1. The topological polar surface area (TPSA) is 20.2 Å². The summed E-state index contributed by atoms with van der Waals surface area (Å²) in [4.78, 5) is 0. The van der Waals surface area contributed by atoms with Crippen LogP contribution in [0.3, 0.4) is 0 Å². The molecule has 0 saturated heterocycles. The molecule has 1 nitrogen and oxygen atoms in total. The molecule has 4 aliphatic carbocycles. The molecule has 5 atom stereocenters. The zero-order chi connectivity index (χ0) is 13.8. The third-order valence-corrected chi connectivity index (χ3v) is 7.38. The first-order chi connectivity index (χ1) is 9.70. The van der Waals surface area contributed by atoms with Gasteiger partial charge in [-0.15, -0.1) is 0 Å². The van der Waals surface area contributed by atoms with Crippen LogP contribution in [0.4, 0.5) is 0 Å². The Kier molecular flexibility index (Phi) is 2.93. The minimum atomic E-state index is 0.254. The Morgan fingerprint density at radius 3 is 2.95 bits per heavy atom. The van der Waals surface area contributed by atoms with E-state index >= 15 is 0 Å². The molecule has 20 heavy (non-hydrogen) atoms. The first-order valence-corrected chi connectivity index (χ1v) is 8.68. The zero-order valence-corrected chi connectivity index (χ0v) is 12.8. The normalized spacial score (nSPS) is 50.1. The third-order valence-electron chi connectivity index (χ3n) is 7.38. The van der Waals surface area contributed by atoms with Crippen molar-refractivity contribution in [3.63, 3.8) is 0 Å². The van der Waals surface area contributed by atoms with Gasteiger partial charge < -0.3 is 5.11 Å². The maximum Gasteiger partial charge on any atom is 0.0493 e. The van der Waals surface area contributed by atoms with E-state index in [0.29, 0.717) is 17.9 Å². The van der Waals surface area contributed by atoms with Crippen molar-refractivity contribution >= 4 is 0 Å². The van der Waals surface area contributed by atoms with E-state index in [1.54, 1.807) is 5.57 Å². The number of allylic oxidation sites excluding steroid dienone is 4. The van der Waals surface area contributed by atoms with Crippen LogP contribution < -0.4 is 0 Å². The summed E-state index contributed by atoms with van der Waals surface area (Å²) < 4.78 is 0. The van der Waals surface area contributed by atoms with E-state index in [4.69, 9.17) is 0 Å². The van der Waals surface area contributed by atoms with Gasteiger partial charge in [0.15, 0.2) is 0 Å². The lowest BCUT2D eigenvalue weighted by Crippen LogP contribution is -2.47. The van der Waals surface area contributed by atoms with Gasteiger partial charge in [-0.1, -0.05) is 37.1 Å². The van der Waals surface area contributed by atoms with Crippen LogP contribution in [0, 0.1) is 28.6 Å². The largest absolute Gasteiger partial charge is 0.396 e. The number of rotatable bonds is 1. The highest BCUT2D eigenvalue weighted by Gasteiger charge is 2.54. The molecule has 4 rings (SSSR count). The molecule has 110 valence electrons. The van der Waals surface area contributed by atoms with Gasteiger partial charge in [-0.2, -0.15) is 0 Å². The Balaban J connectivity index is 1.73. The van der Waals surface area contributed by atoms with Gasteiger partial charge in [0.1, 0.15) is 0 Å². The molecule has 1 N–H and O–H groups in total. The number of aliphatic hydroxyl groups is 1. The maximum atomic E-state index is 10.00. The lowest BCUT2D eigenvalue weighted by molar-refractivity contribution is 0.0205. The molecule has 4 aliphatic rings. The van der Waals surface area contributed by atoms with Crippen molar-refractivity contribution in [2.45, 2.75) is 58.3 Å². The van der Waals surface area contributed by atoms with Gasteiger partial charge in [0.2, 0.25) is 0 Å². The Morgan fingerprint density at radius 2 is 2.10 bits per heavy atom. The second-order valence-corrected chi connectivity index (χ2v) is 8.04. The minimum Gasteiger partial charge on any atom is -0.396 e. The standard InChI is InChI=1S/C19H28O/c1-18-10-3-2-5-14(18)7-8-15-16(18)9-12-19(13-20)11-4-6-17(15)19/h3,8,10,14,16-17,20H,2,4-7,9,11-13H2,1H3/t14?,16-,17-,18-,19-/m0/s1. The molecule has 0 heterocycles. The van der Waals surface area contributed by atoms with Crippen LogP contribution >= 0.6 is 0 Å². The number of fused-ring (bicyclic) bond motifs is 5. The molecule has 0 aromatic rings. The van der Waals surface area contributed by atoms with E-state index in [-0.39, 0.29) is 5.41 Å². The van der Waals surface area contributed by atoms with Crippen LogP contribution in [0.5, 0.6) is 0 Å². The molecule has 0 spiro atoms. The van der Waals surface area contributed by atoms with Crippen LogP contribution in [0.1, 0.15) is 58.3 Å². The molecular weight excluding hydrogens is 244 g/mol. The maximum absolute atomic E-state index is 10.00. The summed E-state index contributed by atoms with van der Waals surface area (Å²) in [6, 6.07) is 0. The highest BCUT2D eigenvalue weighted by Crippen LogP contribution is 2.63. The quantitative estimate of drug-likeness (QED) is 0.698. The van der Waals surface area contributed by atoms with Gasteiger partial charge in [0.05, 0.1) is 0 Å². The molecule has 2 fully saturated rings. The smallest absolute Gasteiger partial charge is 0.0493 e. The summed E-state index contributed by atoms with van der Waals surface area (Å²) >= 11 is 0. The van der Waals surface area contributed by atoms with Crippen LogP contribution in [-0.2, 0) is 0 Å². The highest BCUT2D eigenvalue weighted by molar-refractivity contribution is 5.30. The average Bonchev–Trinajstić information content (AvgIpc) is 2.91. The Hall–Kier alpha value is -0.560. The van der Waals surface area contributed by atoms with E-state index in [9.17, 15) is 5.11 Å². The van der Waals surface area contributed by atoms with Crippen molar-refractivity contribution in [1.82, 2.24) is 0 Å². The summed E-state index contributed by atoms with van der Waals surface area (Å²) in [6.07, 6.45) is 18.0. The van der Waals surface area contributed by atoms with Crippen molar-refractivity contribution < 1.29 is 5.11 Å². The molecule has 1 unspecified atom stereocenters. The highest BCUT2D eigenvalue weighted by atomic mass is 16.3. The lowest BCUT2D eigenvalue weighted by atomic mass is 9.50. The second kappa shape index (κ2) is 4.47. The Morgan fingerprint density at radius 1 is 1.20 bits per heavy atom. The molecule has 0 aliphatic heterocycles. The number of hydrogen-bond donors (Lipinski definition) is 1. The van der Waals surface area contributed by atoms with Crippen molar-refractivity contribution in [3.05, 3.63) is 23.8 Å². The molecule has 2 saturated carbocycles. The Labute approximate surface area is 123 Å². The molecular formula is C19H28O. The first-order valence-electron chi connectivity index (χ1n) is 8.68. The van der Waals surface area contributed by atoms with Crippen molar-refractivity contribution in [1.29, 1.82) is 0 Å². The first kappa shape index (κ1) is 13.1. The van der Waals surface area contributed by atoms with Gasteiger partial charge in [-0.25, -0.2) is 0 Å². The van der Waals surface area contributed by atoms with E-state index in [1.165, 1.54) is 51.4 Å². The van der Waals surface area contributed by atoms with Gasteiger partial charge >= 0.3 is 0 Å². The fourth-order valence-electron chi connectivity index (χ4n) is 6.15. The van der Waals surface area contributed by atoms with Crippen molar-refractivity contribution in [2.75, 3.05) is 6.61 Å². The fraction of sp³-hybridized carbons (Fsp3) is 0.789. The monoisotopic (exact) mass is 272 g/mol. The molecule has 0 aromatic heterocycles. The van der Waals surface area contributed by atoms with E-state index < -0.39 is 0 Å². The van der Waals surface area contributed by atoms with E-state index in [1.807, 2.05) is 0 Å². The van der Waals surface area contributed by atoms with Crippen molar-refractivity contribution in [2.24, 2.45) is 28.6 Å². The van der Waals surface area contributed by atoms with Crippen LogP contribution in [0.25, 0.3) is 0 Å². The van der Waals surface area contributed by atoms with Crippen LogP contribution in [0.2, 0.25) is 0 Å². The van der Waals surface area contributed by atoms with Gasteiger partial charge in [-0.3, -0.25) is 0 Å². The predicted molar refractivity (Wildman–Crippen MR) is 82.3 cm³/mol. The SMILES string of the molecule is C[C@]12C=CCCC1CC=C1[C@@H]3CCC[C@@]3(CO)CC[C@@H]12. The van der Waals surface area contributed by atoms with Crippen molar-refractivity contribution in [3.8, 4) is 0 Å². The summed E-state index contributed by atoms with van der Waals surface area (Å²) in [6.45, 7) is 2.93. The fourth-order valence-corrected chi connectivity index (χ4v) is 6.15. The summed E-state index contributed by atoms with van der Waals surface area (Å²) in [7, 11) is 0. The lowest BCUT2D eigenvalue weighted by Gasteiger charge is -2.54. The van der Waals surface area contributed by atoms with Crippen LogP contribution in [-0.4, -0.2) is 11.7 Å². The van der Waals surface area contributed by atoms with E-state index in [0.717, 1.165) is 11.8 Å². The summed E-state index contributed by atoms with van der Waals surface area (Å²) in [5, 5.41) is 10.00. The third kappa shape index (κ3) is 1.59. The summed E-state index contributed by atoms with van der Waals surface area (Å²) in [5.74, 6) is 2.32. The zero-order valence-electron chi connectivity index (χ0n) is 12.8. The van der Waals surface area contributed by atoms with Gasteiger partial charge in [-0.05, 0) is 68.1 Å². The molecule has 0 bridgehead atoms. The Bertz CT molecular complexity index is 462. The molecule has 0 radical (unpaired) electrons. The minimum absolute atomic E-state index is 0.254. The van der Waals surface area contributed by atoms with Gasteiger partial charge in [0, 0.05) is 12.0 Å². The summed E-state index contributed by atoms with van der Waals surface area (Å²) in [5.41, 5.74) is 2.41. The molecule has 0 amide bonds. The van der Waals surface area contributed by atoms with E-state index in [2.05, 4.69) is 25.2 Å². The van der Waals surface area contributed by atoms with Gasteiger partial charge in [0.25, 0.3) is 0 Å². The molecule has 1 heteroatoms. The average molecular weight is 272 g/mol. The molecule has 0 aromatic carbocycles. The number of aliphatic hydroxyl groups excluding tert-OH is 1. The second-order valence-electron chi connectivity index (χ2n) is 8.04. The predicted octanol–water partition coefficient (Wildman–Crippen LogP) is 4.48.